The van der Waals surface area contributed by atoms with Crippen LogP contribution in [0.1, 0.15) is 31.9 Å². The van der Waals surface area contributed by atoms with E-state index >= 15 is 0 Å². The maximum Gasteiger partial charge on any atom is 0.278 e. The van der Waals surface area contributed by atoms with Crippen LogP contribution in [0.3, 0.4) is 0 Å². The number of imidazole rings is 1. The molecule has 1 unspecified atom stereocenters. The van der Waals surface area contributed by atoms with Crippen LogP contribution in [0.25, 0.3) is 28.0 Å². The minimum Gasteiger partial charge on any atom is -0.360 e. The molecule has 0 amide bonds. The van der Waals surface area contributed by atoms with Crippen LogP contribution in [0, 0.1) is 0 Å². The molecule has 0 bridgehead atoms. The summed E-state index contributed by atoms with van der Waals surface area (Å²) in [7, 11) is 0. The SMILES string of the molecule is CCC(C)c1nc2c[nH]c(-c3c[nH]c4ccccc34)cn-2c1=O. The summed E-state index contributed by atoms with van der Waals surface area (Å²) in [6.07, 6.45) is 6.49. The first-order chi connectivity index (χ1) is 11.2. The number of benzene rings is 1. The van der Waals surface area contributed by atoms with Gasteiger partial charge in [0.2, 0.25) is 0 Å². The second kappa shape index (κ2) is 5.12. The molecule has 4 rings (SSSR count). The maximum atomic E-state index is 12.6. The van der Waals surface area contributed by atoms with Crippen LogP contribution in [0.4, 0.5) is 0 Å². The van der Waals surface area contributed by atoms with Crippen molar-refractivity contribution in [2.24, 2.45) is 0 Å². The van der Waals surface area contributed by atoms with Crippen molar-refractivity contribution in [3.8, 4) is 17.1 Å². The van der Waals surface area contributed by atoms with Gasteiger partial charge in [-0.15, -0.1) is 0 Å². The van der Waals surface area contributed by atoms with E-state index < -0.39 is 0 Å². The number of hydrogen-bond acceptors (Lipinski definition) is 2. The maximum absolute atomic E-state index is 12.6. The number of nitrogens with one attached hydrogen (secondary N) is 2. The van der Waals surface area contributed by atoms with Crippen LogP contribution in [-0.2, 0) is 0 Å². The van der Waals surface area contributed by atoms with Crippen LogP contribution in [0.2, 0.25) is 0 Å². The van der Waals surface area contributed by atoms with Crippen molar-refractivity contribution in [3.05, 3.63) is 58.9 Å². The highest BCUT2D eigenvalue weighted by molar-refractivity contribution is 5.94. The summed E-state index contributed by atoms with van der Waals surface area (Å²) in [5.41, 5.74) is 3.62. The van der Waals surface area contributed by atoms with Crippen LogP contribution in [-0.4, -0.2) is 19.5 Å². The molecule has 3 heterocycles. The zero-order chi connectivity index (χ0) is 16.0. The van der Waals surface area contributed by atoms with Crippen molar-refractivity contribution in [1.82, 2.24) is 19.5 Å². The predicted octanol–water partition coefficient (Wildman–Crippen LogP) is 3.66. The van der Waals surface area contributed by atoms with Gasteiger partial charge in [-0.1, -0.05) is 32.0 Å². The number of aromatic amines is 2. The molecule has 2 N–H and O–H groups in total. The third kappa shape index (κ3) is 2.08. The molecule has 0 saturated heterocycles. The zero-order valence-electron chi connectivity index (χ0n) is 13.1. The number of aromatic nitrogens is 4. The lowest BCUT2D eigenvalue weighted by Crippen LogP contribution is -2.16. The minimum atomic E-state index is -0.0237. The Kier molecular flexibility index (Phi) is 3.08. The van der Waals surface area contributed by atoms with Crippen molar-refractivity contribution >= 4 is 10.9 Å². The monoisotopic (exact) mass is 306 g/mol. The van der Waals surface area contributed by atoms with Gasteiger partial charge in [0.25, 0.3) is 5.56 Å². The van der Waals surface area contributed by atoms with Gasteiger partial charge in [-0.05, 0) is 12.5 Å². The Morgan fingerprint density at radius 3 is 2.87 bits per heavy atom. The van der Waals surface area contributed by atoms with Crippen molar-refractivity contribution in [1.29, 1.82) is 0 Å². The van der Waals surface area contributed by atoms with E-state index in [0.717, 1.165) is 28.6 Å². The van der Waals surface area contributed by atoms with Gasteiger partial charge in [-0.2, -0.15) is 0 Å². The van der Waals surface area contributed by atoms with E-state index in [4.69, 9.17) is 0 Å². The van der Waals surface area contributed by atoms with Gasteiger partial charge in [-0.25, -0.2) is 4.98 Å². The summed E-state index contributed by atoms with van der Waals surface area (Å²) in [6.45, 7) is 4.10. The van der Waals surface area contributed by atoms with E-state index in [1.54, 1.807) is 10.8 Å². The fourth-order valence-corrected chi connectivity index (χ4v) is 2.94. The van der Waals surface area contributed by atoms with Crippen LogP contribution >= 0.6 is 0 Å². The van der Waals surface area contributed by atoms with E-state index in [1.807, 2.05) is 37.5 Å². The number of nitrogens with zero attached hydrogens (tertiary/aromatic N) is 2. The third-order valence-electron chi connectivity index (χ3n) is 4.49. The van der Waals surface area contributed by atoms with Gasteiger partial charge in [0.05, 0.1) is 5.69 Å². The molecule has 116 valence electrons. The molecule has 0 fully saturated rings. The van der Waals surface area contributed by atoms with Gasteiger partial charge >= 0.3 is 0 Å². The second-order valence-electron chi connectivity index (χ2n) is 5.92. The summed E-state index contributed by atoms with van der Waals surface area (Å²) in [6, 6.07) is 8.11. The van der Waals surface area contributed by atoms with Crippen LogP contribution < -0.4 is 5.56 Å². The summed E-state index contributed by atoms with van der Waals surface area (Å²) in [5.74, 6) is 0.827. The van der Waals surface area contributed by atoms with Gasteiger partial charge in [0.1, 0.15) is 5.69 Å². The summed E-state index contributed by atoms with van der Waals surface area (Å²) >= 11 is 0. The first kappa shape index (κ1) is 13.8. The largest absolute Gasteiger partial charge is 0.360 e. The van der Waals surface area contributed by atoms with Crippen molar-refractivity contribution < 1.29 is 0 Å². The van der Waals surface area contributed by atoms with E-state index in [9.17, 15) is 4.79 Å². The number of fused-ring (bicyclic) bond motifs is 2. The number of rotatable bonds is 3. The fraction of sp³-hybridized carbons (Fsp3) is 0.222. The fourth-order valence-electron chi connectivity index (χ4n) is 2.94. The topological polar surface area (TPSA) is 66.5 Å². The minimum absolute atomic E-state index is 0.0237. The number of para-hydroxylation sites is 1. The summed E-state index contributed by atoms with van der Waals surface area (Å²) < 4.78 is 1.63. The lowest BCUT2D eigenvalue weighted by molar-refractivity contribution is 0.707. The summed E-state index contributed by atoms with van der Waals surface area (Å²) in [5, 5.41) is 1.12. The average Bonchev–Trinajstić information content (AvgIpc) is 3.15. The Hall–Kier alpha value is -2.82. The van der Waals surface area contributed by atoms with Gasteiger partial charge in [0, 0.05) is 41.0 Å². The normalized spacial score (nSPS) is 13.0. The highest BCUT2D eigenvalue weighted by Crippen LogP contribution is 2.27. The molecule has 5 heteroatoms. The first-order valence-electron chi connectivity index (χ1n) is 7.86. The smallest absolute Gasteiger partial charge is 0.278 e. The molecule has 0 saturated carbocycles. The van der Waals surface area contributed by atoms with Gasteiger partial charge in [0.15, 0.2) is 5.82 Å². The lowest BCUT2D eigenvalue weighted by atomic mass is 10.1. The van der Waals surface area contributed by atoms with E-state index in [1.165, 1.54) is 0 Å². The van der Waals surface area contributed by atoms with Gasteiger partial charge in [-0.3, -0.25) is 9.36 Å². The van der Waals surface area contributed by atoms with Crippen molar-refractivity contribution in [2.45, 2.75) is 26.2 Å². The number of H-pyrrole nitrogens is 2. The molecule has 0 spiro atoms. The Morgan fingerprint density at radius 1 is 1.22 bits per heavy atom. The highest BCUT2D eigenvalue weighted by Gasteiger charge is 2.19. The van der Waals surface area contributed by atoms with Crippen molar-refractivity contribution in [2.75, 3.05) is 0 Å². The molecule has 23 heavy (non-hydrogen) atoms. The zero-order valence-corrected chi connectivity index (χ0v) is 13.1. The quantitative estimate of drug-likeness (QED) is 0.606. The van der Waals surface area contributed by atoms with Crippen LogP contribution in [0.5, 0.6) is 0 Å². The Bertz CT molecular complexity index is 1010. The van der Waals surface area contributed by atoms with Crippen LogP contribution in [0.15, 0.2) is 47.7 Å². The standard InChI is InChI=1S/C18H18N4O/c1-3-11(2)17-18(23)22-10-15(20-9-16(22)21-17)13-8-19-14-7-5-4-6-12(13)14/h4-11,19-20H,3H2,1-2H3. The molecule has 1 aromatic heterocycles. The molecule has 2 aromatic rings. The average molecular weight is 306 g/mol. The van der Waals surface area contributed by atoms with E-state index in [0.29, 0.717) is 11.5 Å². The van der Waals surface area contributed by atoms with Crippen molar-refractivity contribution in [3.63, 3.8) is 0 Å². The molecule has 1 atom stereocenters. The van der Waals surface area contributed by atoms with E-state index in [-0.39, 0.29) is 11.5 Å². The molecule has 0 radical (unpaired) electrons. The van der Waals surface area contributed by atoms with Gasteiger partial charge < -0.3 is 9.97 Å². The predicted molar refractivity (Wildman–Crippen MR) is 91.4 cm³/mol. The molecular weight excluding hydrogens is 288 g/mol. The second-order valence-corrected chi connectivity index (χ2v) is 5.92. The highest BCUT2D eigenvalue weighted by atomic mass is 16.1. The third-order valence-corrected chi connectivity index (χ3v) is 4.49. The molecular formula is C18H18N4O. The molecule has 2 aliphatic rings. The Labute approximate surface area is 133 Å². The first-order valence-corrected chi connectivity index (χ1v) is 7.86. The molecule has 5 nitrogen and oxygen atoms in total. The van der Waals surface area contributed by atoms with E-state index in [2.05, 4.69) is 27.9 Å². The molecule has 1 aromatic carbocycles. The Morgan fingerprint density at radius 2 is 2.04 bits per heavy atom. The Balaban J connectivity index is 1.91. The summed E-state index contributed by atoms with van der Waals surface area (Å²) in [4.78, 5) is 23.6. The molecule has 2 aliphatic heterocycles. The molecule has 0 aliphatic carbocycles. The lowest BCUT2D eigenvalue weighted by Gasteiger charge is -2.05. The number of hydrogen-bond donors (Lipinski definition) is 2.